The number of rotatable bonds is 9. The van der Waals surface area contributed by atoms with E-state index in [-0.39, 0.29) is 5.92 Å². The molecule has 2 amide bonds. The Morgan fingerprint density at radius 3 is 2.28 bits per heavy atom. The minimum Gasteiger partial charge on any atom is -0.497 e. The van der Waals surface area contributed by atoms with Crippen LogP contribution in [0.25, 0.3) is 0 Å². The molecule has 1 aromatic carbocycles. The van der Waals surface area contributed by atoms with Gasteiger partial charge in [0.05, 0.1) is 13.1 Å². The van der Waals surface area contributed by atoms with Gasteiger partial charge in [-0.2, -0.15) is 0 Å². The number of nitrogens with one attached hydrogen (secondary N) is 2. The molecule has 1 rings (SSSR count). The molecule has 1 unspecified atom stereocenters. The molecule has 7 nitrogen and oxygen atoms in total. The highest BCUT2D eigenvalue weighted by Gasteiger charge is 2.25. The molecule has 136 valence electrons. The van der Waals surface area contributed by atoms with Crippen molar-refractivity contribution in [1.82, 2.24) is 10.6 Å². The van der Waals surface area contributed by atoms with Crippen LogP contribution in [0.1, 0.15) is 25.8 Å². The van der Waals surface area contributed by atoms with Gasteiger partial charge in [0.25, 0.3) is 0 Å². The van der Waals surface area contributed by atoms with Crippen molar-refractivity contribution in [3.8, 4) is 5.75 Å². The van der Waals surface area contributed by atoms with Crippen molar-refractivity contribution in [3.63, 3.8) is 0 Å². The van der Waals surface area contributed by atoms with Crippen molar-refractivity contribution >= 4 is 18.9 Å². The van der Waals surface area contributed by atoms with Crippen molar-refractivity contribution in [3.05, 3.63) is 42.0 Å². The van der Waals surface area contributed by atoms with Crippen LogP contribution in [0.3, 0.4) is 0 Å². The van der Waals surface area contributed by atoms with Crippen LogP contribution in [0.2, 0.25) is 0 Å². The second-order valence-corrected chi connectivity index (χ2v) is 6.06. The van der Waals surface area contributed by atoms with Gasteiger partial charge < -0.3 is 25.4 Å². The van der Waals surface area contributed by atoms with Gasteiger partial charge in [0.2, 0.25) is 11.8 Å². The number of hydrogen-bond donors (Lipinski definition) is 4. The summed E-state index contributed by atoms with van der Waals surface area (Å²) in [4.78, 5) is 23.5. The number of ether oxygens (including phenoxy) is 1. The average molecular weight is 348 g/mol. The number of benzene rings is 1. The second kappa shape index (κ2) is 10.5. The minimum absolute atomic E-state index is 0.184. The van der Waals surface area contributed by atoms with Gasteiger partial charge in [-0.25, -0.2) is 0 Å². The molecule has 1 atom stereocenters. The zero-order valence-electron chi connectivity index (χ0n) is 14.7. The molecule has 0 radical (unpaired) electrons. The first-order chi connectivity index (χ1) is 11.8. The molecule has 0 spiro atoms. The molecule has 0 heterocycles. The molecule has 25 heavy (non-hydrogen) atoms. The first-order valence-electron chi connectivity index (χ1n) is 8.07. The summed E-state index contributed by atoms with van der Waals surface area (Å²) < 4.78 is 5.05. The van der Waals surface area contributed by atoms with Crippen molar-refractivity contribution in [2.45, 2.75) is 32.8 Å². The lowest BCUT2D eigenvalue weighted by Gasteiger charge is -2.18. The molecule has 0 aliphatic heterocycles. The predicted molar refractivity (Wildman–Crippen MR) is 95.6 cm³/mol. The van der Waals surface area contributed by atoms with Crippen LogP contribution >= 0.6 is 0 Å². The third kappa shape index (κ3) is 8.37. The Kier molecular flexibility index (Phi) is 8.73. The minimum atomic E-state index is -1.65. The standard InChI is InChI=1S/C17H25BN2O5/c1-12(2)10-15(18(23)24)20-17(22)9-8-16(21)19-11-13-4-6-14(25-3)7-5-13/h4-9,12,15,23-24H,10-11H2,1-3H3,(H,19,21)(H,20,22). The fourth-order valence-electron chi connectivity index (χ4n) is 2.14. The van der Waals surface area contributed by atoms with Crippen molar-refractivity contribution in [2.75, 3.05) is 7.11 Å². The fraction of sp³-hybridized carbons (Fsp3) is 0.412. The van der Waals surface area contributed by atoms with Crippen molar-refractivity contribution in [1.29, 1.82) is 0 Å². The molecule has 0 fully saturated rings. The van der Waals surface area contributed by atoms with E-state index in [0.29, 0.717) is 13.0 Å². The van der Waals surface area contributed by atoms with Crippen molar-refractivity contribution < 1.29 is 24.4 Å². The number of methoxy groups -OCH3 is 1. The second-order valence-electron chi connectivity index (χ2n) is 6.06. The number of amides is 2. The van der Waals surface area contributed by atoms with Crippen LogP contribution in [0.4, 0.5) is 0 Å². The Labute approximate surface area is 148 Å². The van der Waals surface area contributed by atoms with Crippen LogP contribution in [0.15, 0.2) is 36.4 Å². The number of hydrogen-bond acceptors (Lipinski definition) is 5. The molecular formula is C17H25BN2O5. The maximum Gasteiger partial charge on any atom is 0.475 e. The van der Waals surface area contributed by atoms with Crippen LogP contribution in [-0.4, -0.2) is 42.0 Å². The Morgan fingerprint density at radius 2 is 1.76 bits per heavy atom. The number of carbonyl (C=O) groups is 2. The molecule has 0 bridgehead atoms. The van der Waals surface area contributed by atoms with Gasteiger partial charge in [0, 0.05) is 18.7 Å². The molecule has 4 N–H and O–H groups in total. The summed E-state index contributed by atoms with van der Waals surface area (Å²) in [5, 5.41) is 23.7. The van der Waals surface area contributed by atoms with E-state index in [1.54, 1.807) is 19.2 Å². The zero-order chi connectivity index (χ0) is 18.8. The summed E-state index contributed by atoms with van der Waals surface area (Å²) in [5.74, 6) is -0.841. The fourth-order valence-corrected chi connectivity index (χ4v) is 2.14. The molecule has 0 saturated heterocycles. The smallest absolute Gasteiger partial charge is 0.475 e. The van der Waals surface area contributed by atoms with E-state index in [1.807, 2.05) is 26.0 Å². The Bertz CT molecular complexity index is 587. The largest absolute Gasteiger partial charge is 0.497 e. The Hall–Kier alpha value is -2.32. The first-order valence-corrected chi connectivity index (χ1v) is 8.07. The molecular weight excluding hydrogens is 323 g/mol. The lowest BCUT2D eigenvalue weighted by atomic mass is 9.75. The van der Waals surface area contributed by atoms with E-state index in [0.717, 1.165) is 23.5 Å². The molecule has 0 aliphatic rings. The lowest BCUT2D eigenvalue weighted by Crippen LogP contribution is -2.46. The van der Waals surface area contributed by atoms with Crippen LogP contribution < -0.4 is 15.4 Å². The first kappa shape index (κ1) is 20.7. The predicted octanol–water partition coefficient (Wildman–Crippen LogP) is 0.410. The van der Waals surface area contributed by atoms with Gasteiger partial charge in [-0.15, -0.1) is 0 Å². The maximum atomic E-state index is 11.8. The van der Waals surface area contributed by atoms with Gasteiger partial charge in [-0.3, -0.25) is 9.59 Å². The van der Waals surface area contributed by atoms with E-state index in [2.05, 4.69) is 10.6 Å². The van der Waals surface area contributed by atoms with Gasteiger partial charge in [0.15, 0.2) is 0 Å². The zero-order valence-corrected chi connectivity index (χ0v) is 14.7. The summed E-state index contributed by atoms with van der Waals surface area (Å²) in [5.41, 5.74) is 0.896. The van der Waals surface area contributed by atoms with Crippen LogP contribution in [0, 0.1) is 5.92 Å². The van der Waals surface area contributed by atoms with Gasteiger partial charge >= 0.3 is 7.12 Å². The van der Waals surface area contributed by atoms with E-state index in [4.69, 9.17) is 4.74 Å². The summed E-state index contributed by atoms with van der Waals surface area (Å²) in [6.45, 7) is 4.13. The van der Waals surface area contributed by atoms with Crippen molar-refractivity contribution in [2.24, 2.45) is 5.92 Å². The summed E-state index contributed by atoms with van der Waals surface area (Å²) >= 11 is 0. The maximum absolute atomic E-state index is 11.8. The SMILES string of the molecule is COc1ccc(CNC(=O)C=CC(=O)NC(CC(C)C)B(O)O)cc1. The summed E-state index contributed by atoms with van der Waals surface area (Å²) in [7, 11) is -0.0719. The summed E-state index contributed by atoms with van der Waals surface area (Å²) in [6, 6.07) is 7.24. The average Bonchev–Trinajstić information content (AvgIpc) is 2.57. The van der Waals surface area contributed by atoms with E-state index in [1.165, 1.54) is 0 Å². The highest BCUT2D eigenvalue weighted by atomic mass is 16.5. The normalized spacial score (nSPS) is 12.1. The quantitative estimate of drug-likeness (QED) is 0.382. The molecule has 8 heteroatoms. The Morgan fingerprint density at radius 1 is 1.16 bits per heavy atom. The Balaban J connectivity index is 2.44. The molecule has 0 aliphatic carbocycles. The molecule has 0 saturated carbocycles. The highest BCUT2D eigenvalue weighted by Crippen LogP contribution is 2.10. The third-order valence-corrected chi connectivity index (χ3v) is 3.42. The van der Waals surface area contributed by atoms with Crippen LogP contribution in [0.5, 0.6) is 5.75 Å². The highest BCUT2D eigenvalue weighted by molar-refractivity contribution is 6.43. The van der Waals surface area contributed by atoms with E-state index >= 15 is 0 Å². The van der Waals surface area contributed by atoms with Gasteiger partial charge in [-0.1, -0.05) is 26.0 Å². The topological polar surface area (TPSA) is 108 Å². The summed E-state index contributed by atoms with van der Waals surface area (Å²) in [6.07, 6.45) is 2.59. The van der Waals surface area contributed by atoms with E-state index in [9.17, 15) is 19.6 Å². The van der Waals surface area contributed by atoms with Crippen LogP contribution in [-0.2, 0) is 16.1 Å². The third-order valence-electron chi connectivity index (χ3n) is 3.42. The molecule has 1 aromatic rings. The monoisotopic (exact) mass is 348 g/mol. The number of carbonyl (C=O) groups excluding carboxylic acids is 2. The van der Waals surface area contributed by atoms with Gasteiger partial charge in [-0.05, 0) is 30.0 Å². The van der Waals surface area contributed by atoms with Gasteiger partial charge in [0.1, 0.15) is 5.75 Å². The molecule has 0 aromatic heterocycles. The lowest BCUT2D eigenvalue weighted by molar-refractivity contribution is -0.119. The van der Waals surface area contributed by atoms with E-state index < -0.39 is 24.9 Å².